The van der Waals surface area contributed by atoms with Crippen molar-refractivity contribution in [1.82, 2.24) is 34.8 Å². The van der Waals surface area contributed by atoms with Gasteiger partial charge in [-0.1, -0.05) is 35.8 Å². The van der Waals surface area contributed by atoms with Gasteiger partial charge in [-0.25, -0.2) is 9.97 Å². The second kappa shape index (κ2) is 9.40. The number of likely N-dealkylation sites (tertiary alicyclic amines) is 1. The first-order valence-corrected chi connectivity index (χ1v) is 12.4. The average molecular weight is 501 g/mol. The monoisotopic (exact) mass is 500 g/mol. The smallest absolute Gasteiger partial charge is 0.261 e. The Morgan fingerprint density at radius 3 is 2.59 bits per heavy atom. The first-order chi connectivity index (χ1) is 18.0. The number of carbonyl (C=O) groups is 1. The summed E-state index contributed by atoms with van der Waals surface area (Å²) in [6, 6.07) is 8.33. The molecule has 0 radical (unpaired) electrons. The quantitative estimate of drug-likeness (QED) is 0.406. The normalized spacial score (nSPS) is 18.6. The van der Waals surface area contributed by atoms with E-state index in [0.717, 1.165) is 42.4 Å². The van der Waals surface area contributed by atoms with Crippen molar-refractivity contribution in [2.75, 3.05) is 25.9 Å². The fourth-order valence-electron chi connectivity index (χ4n) is 5.12. The standard InChI is InChI=1S/C26H28N8O3/c1-36-21-7-10-33(15-21)22(35)16-34-14-19(13-30-34)23-31-24(32-37-23)26(8-2-9-26)20-5-3-17(4-6-20)18-11-28-25(27)29-12-18/h3-6,11-14,21H,2,7-10,15-16H2,1H3,(H2,27,28,29). The van der Waals surface area contributed by atoms with Crippen LogP contribution in [-0.2, 0) is 21.5 Å². The van der Waals surface area contributed by atoms with Crippen molar-refractivity contribution in [3.63, 3.8) is 0 Å². The van der Waals surface area contributed by atoms with Gasteiger partial charge >= 0.3 is 0 Å². The predicted octanol–water partition coefficient (Wildman–Crippen LogP) is 2.69. The maximum Gasteiger partial charge on any atom is 0.261 e. The van der Waals surface area contributed by atoms with Gasteiger partial charge in [-0.05, 0) is 30.4 Å². The van der Waals surface area contributed by atoms with Crippen molar-refractivity contribution in [2.45, 2.75) is 43.7 Å². The third kappa shape index (κ3) is 4.35. The highest BCUT2D eigenvalue weighted by molar-refractivity contribution is 5.76. The summed E-state index contributed by atoms with van der Waals surface area (Å²) in [4.78, 5) is 27.4. The Kier molecular flexibility index (Phi) is 5.91. The summed E-state index contributed by atoms with van der Waals surface area (Å²) in [5, 5.41) is 8.70. The minimum Gasteiger partial charge on any atom is -0.380 e. The van der Waals surface area contributed by atoms with E-state index in [1.54, 1.807) is 36.6 Å². The molecular formula is C26H28N8O3. The fourth-order valence-corrected chi connectivity index (χ4v) is 5.12. The number of benzene rings is 1. The maximum atomic E-state index is 12.6. The molecule has 4 aromatic rings. The van der Waals surface area contributed by atoms with Gasteiger partial charge in [0, 0.05) is 44.4 Å². The third-order valence-corrected chi connectivity index (χ3v) is 7.51. The first-order valence-electron chi connectivity index (χ1n) is 12.4. The van der Waals surface area contributed by atoms with E-state index in [1.165, 1.54) is 0 Å². The summed E-state index contributed by atoms with van der Waals surface area (Å²) in [7, 11) is 1.68. The van der Waals surface area contributed by atoms with Crippen LogP contribution >= 0.6 is 0 Å². The van der Waals surface area contributed by atoms with Gasteiger partial charge in [-0.2, -0.15) is 10.1 Å². The number of amides is 1. The molecule has 11 heteroatoms. The molecule has 3 aromatic heterocycles. The summed E-state index contributed by atoms with van der Waals surface area (Å²) in [5.74, 6) is 1.34. The summed E-state index contributed by atoms with van der Waals surface area (Å²) < 4.78 is 12.6. The zero-order valence-corrected chi connectivity index (χ0v) is 20.6. The Balaban J connectivity index is 1.18. The van der Waals surface area contributed by atoms with Crippen molar-refractivity contribution in [3.8, 4) is 22.6 Å². The molecule has 1 aliphatic carbocycles. The topological polar surface area (TPSA) is 138 Å². The molecule has 11 nitrogen and oxygen atoms in total. The molecule has 4 heterocycles. The molecule has 1 amide bonds. The Morgan fingerprint density at radius 2 is 1.92 bits per heavy atom. The van der Waals surface area contributed by atoms with Crippen molar-refractivity contribution < 1.29 is 14.1 Å². The summed E-state index contributed by atoms with van der Waals surface area (Å²) in [6.45, 7) is 1.48. The number of nitrogen functional groups attached to an aromatic ring is 1. The first kappa shape index (κ1) is 23.3. The molecule has 190 valence electrons. The SMILES string of the molecule is COC1CCN(C(=O)Cn2cc(-c3nc(C4(c5ccc(-c6cnc(N)nc6)cc5)CCC4)no3)cn2)C1. The van der Waals surface area contributed by atoms with Crippen LogP contribution in [0.25, 0.3) is 22.6 Å². The van der Waals surface area contributed by atoms with E-state index < -0.39 is 0 Å². The summed E-state index contributed by atoms with van der Waals surface area (Å²) in [6.07, 6.45) is 10.8. The van der Waals surface area contributed by atoms with Gasteiger partial charge in [0.1, 0.15) is 6.54 Å². The van der Waals surface area contributed by atoms with E-state index in [0.29, 0.717) is 30.4 Å². The lowest BCUT2D eigenvalue weighted by Gasteiger charge is -2.39. The average Bonchev–Trinajstić information content (AvgIpc) is 3.65. The highest BCUT2D eigenvalue weighted by atomic mass is 16.5. The molecular weight excluding hydrogens is 472 g/mol. The zero-order valence-electron chi connectivity index (χ0n) is 20.6. The van der Waals surface area contributed by atoms with Crippen LogP contribution in [0.15, 0.2) is 53.6 Å². The molecule has 37 heavy (non-hydrogen) atoms. The third-order valence-electron chi connectivity index (χ3n) is 7.51. The molecule has 0 bridgehead atoms. The van der Waals surface area contributed by atoms with Crippen molar-refractivity contribution in [3.05, 3.63) is 60.4 Å². The molecule has 2 N–H and O–H groups in total. The van der Waals surface area contributed by atoms with Gasteiger partial charge in [0.05, 0.1) is 23.3 Å². The van der Waals surface area contributed by atoms with Crippen LogP contribution in [0.1, 0.15) is 37.1 Å². The molecule has 1 unspecified atom stereocenters. The van der Waals surface area contributed by atoms with Crippen LogP contribution in [0.3, 0.4) is 0 Å². The van der Waals surface area contributed by atoms with Gasteiger partial charge in [-0.15, -0.1) is 0 Å². The van der Waals surface area contributed by atoms with Crippen molar-refractivity contribution in [2.24, 2.45) is 0 Å². The van der Waals surface area contributed by atoms with Gasteiger partial charge in [0.2, 0.25) is 11.9 Å². The number of carbonyl (C=O) groups excluding carboxylic acids is 1. The number of rotatable bonds is 7. The second-order valence-corrected chi connectivity index (χ2v) is 9.68. The molecule has 1 aliphatic heterocycles. The van der Waals surface area contributed by atoms with E-state index >= 15 is 0 Å². The van der Waals surface area contributed by atoms with Gasteiger partial charge in [0.25, 0.3) is 5.89 Å². The molecule has 6 rings (SSSR count). The van der Waals surface area contributed by atoms with E-state index in [2.05, 4.69) is 44.5 Å². The number of nitrogens with two attached hydrogens (primary N) is 1. The molecule has 1 atom stereocenters. The lowest BCUT2D eigenvalue weighted by Crippen LogP contribution is -2.36. The number of ether oxygens (including phenoxy) is 1. The Morgan fingerprint density at radius 1 is 1.14 bits per heavy atom. The number of aromatic nitrogens is 6. The van der Waals surface area contributed by atoms with Gasteiger partial charge in [-0.3, -0.25) is 9.48 Å². The molecule has 0 spiro atoms. The summed E-state index contributed by atoms with van der Waals surface area (Å²) >= 11 is 0. The number of hydrogen-bond acceptors (Lipinski definition) is 9. The second-order valence-electron chi connectivity index (χ2n) is 9.68. The number of anilines is 1. The van der Waals surface area contributed by atoms with E-state index in [9.17, 15) is 4.79 Å². The Labute approximate surface area is 213 Å². The highest BCUT2D eigenvalue weighted by Gasteiger charge is 2.44. The van der Waals surface area contributed by atoms with E-state index in [-0.39, 0.29) is 29.9 Å². The molecule has 2 aliphatic rings. The minimum absolute atomic E-state index is 0.0165. The van der Waals surface area contributed by atoms with E-state index in [1.807, 2.05) is 4.90 Å². The van der Waals surface area contributed by atoms with Crippen LogP contribution < -0.4 is 5.73 Å². The van der Waals surface area contributed by atoms with Crippen LogP contribution in [0.2, 0.25) is 0 Å². The highest BCUT2D eigenvalue weighted by Crippen LogP contribution is 2.48. The van der Waals surface area contributed by atoms with Crippen molar-refractivity contribution >= 4 is 11.9 Å². The lowest BCUT2D eigenvalue weighted by molar-refractivity contribution is -0.131. The lowest BCUT2D eigenvalue weighted by atomic mass is 9.64. The predicted molar refractivity (Wildman–Crippen MR) is 134 cm³/mol. The largest absolute Gasteiger partial charge is 0.380 e. The van der Waals surface area contributed by atoms with Crippen LogP contribution in [-0.4, -0.2) is 67.0 Å². The van der Waals surface area contributed by atoms with Crippen molar-refractivity contribution in [1.29, 1.82) is 0 Å². The molecule has 1 saturated heterocycles. The van der Waals surface area contributed by atoms with Gasteiger partial charge < -0.3 is 19.9 Å². The number of hydrogen-bond donors (Lipinski definition) is 1. The molecule has 2 fully saturated rings. The molecule has 1 saturated carbocycles. The van der Waals surface area contributed by atoms with Crippen LogP contribution in [0, 0.1) is 0 Å². The fraction of sp³-hybridized carbons (Fsp3) is 0.385. The summed E-state index contributed by atoms with van der Waals surface area (Å²) in [5.41, 5.74) is 9.08. The zero-order chi connectivity index (χ0) is 25.4. The maximum absolute atomic E-state index is 12.6. The number of nitrogens with zero attached hydrogens (tertiary/aromatic N) is 7. The van der Waals surface area contributed by atoms with Gasteiger partial charge in [0.15, 0.2) is 5.82 Å². The van der Waals surface area contributed by atoms with E-state index in [4.69, 9.17) is 20.0 Å². The van der Waals surface area contributed by atoms with Crippen LogP contribution in [0.5, 0.6) is 0 Å². The Bertz CT molecular complexity index is 1390. The molecule has 1 aromatic carbocycles. The van der Waals surface area contributed by atoms with Crippen LogP contribution in [0.4, 0.5) is 5.95 Å². The Hall–Kier alpha value is -4.12. The minimum atomic E-state index is -0.280. The number of methoxy groups -OCH3 is 1.